The number of halogens is 2. The largest absolute Gasteiger partial charge is 0.463 e. The molecule has 34 heavy (non-hydrogen) atoms. The second-order valence-electron chi connectivity index (χ2n) is 7.28. The first-order chi connectivity index (χ1) is 16.0. The maximum Gasteiger partial charge on any atom is 0.342 e. The summed E-state index contributed by atoms with van der Waals surface area (Å²) in [6.07, 6.45) is 3.63. The molecule has 2 rings (SSSR count). The number of benzene rings is 1. The Hall–Kier alpha value is -3.17. The number of cyclic esters (lactones) is 1. The SMILES string of the molecule is CC(=O)Oc1cc(OC(C)=O)c2c(c1Cl)CC(=O)/C=C/C=C\C(Cl)[C@H](OC=O)C[C@@H](C)OC2=O. The van der Waals surface area contributed by atoms with Crippen LogP contribution in [-0.4, -0.2) is 47.7 Å². The molecule has 1 aromatic carbocycles. The van der Waals surface area contributed by atoms with E-state index in [0.717, 1.165) is 19.9 Å². The first-order valence-electron chi connectivity index (χ1n) is 10.1. The van der Waals surface area contributed by atoms with Gasteiger partial charge in [0.25, 0.3) is 6.47 Å². The van der Waals surface area contributed by atoms with Gasteiger partial charge in [0.2, 0.25) is 0 Å². The van der Waals surface area contributed by atoms with E-state index in [1.807, 2.05) is 0 Å². The number of hydrogen-bond acceptors (Lipinski definition) is 9. The summed E-state index contributed by atoms with van der Waals surface area (Å²) in [5.41, 5.74) is -0.340. The van der Waals surface area contributed by atoms with Gasteiger partial charge in [0.05, 0.1) is 10.4 Å². The Morgan fingerprint density at radius 3 is 2.38 bits per heavy atom. The van der Waals surface area contributed by atoms with Crippen LogP contribution in [0, 0.1) is 0 Å². The Labute approximate surface area is 205 Å². The van der Waals surface area contributed by atoms with Crippen molar-refractivity contribution in [1.82, 2.24) is 0 Å². The van der Waals surface area contributed by atoms with E-state index in [1.165, 1.54) is 24.3 Å². The van der Waals surface area contributed by atoms with Gasteiger partial charge in [0.1, 0.15) is 23.5 Å². The van der Waals surface area contributed by atoms with Crippen LogP contribution in [-0.2, 0) is 35.1 Å². The number of allylic oxidation sites excluding steroid dienone is 3. The van der Waals surface area contributed by atoms with Gasteiger partial charge in [-0.05, 0) is 13.0 Å². The third kappa shape index (κ3) is 7.43. The topological polar surface area (TPSA) is 122 Å². The third-order valence-electron chi connectivity index (χ3n) is 4.50. The minimum absolute atomic E-state index is 0.0448. The lowest BCUT2D eigenvalue weighted by Gasteiger charge is -2.23. The lowest BCUT2D eigenvalue weighted by molar-refractivity contribution is -0.134. The minimum Gasteiger partial charge on any atom is -0.463 e. The lowest BCUT2D eigenvalue weighted by atomic mass is 9.99. The second-order valence-corrected chi connectivity index (χ2v) is 8.16. The Morgan fingerprint density at radius 2 is 1.76 bits per heavy atom. The summed E-state index contributed by atoms with van der Waals surface area (Å²) < 4.78 is 20.7. The summed E-state index contributed by atoms with van der Waals surface area (Å²) in [5, 5.41) is -0.961. The Balaban J connectivity index is 2.68. The number of rotatable bonds is 4. The fourth-order valence-electron chi connectivity index (χ4n) is 3.16. The van der Waals surface area contributed by atoms with E-state index in [4.69, 9.17) is 42.1 Å². The summed E-state index contributed by atoms with van der Waals surface area (Å²) in [6, 6.07) is 1.09. The summed E-state index contributed by atoms with van der Waals surface area (Å²) >= 11 is 12.7. The molecule has 0 amide bonds. The Morgan fingerprint density at radius 1 is 1.12 bits per heavy atom. The highest BCUT2D eigenvalue weighted by Gasteiger charge is 2.30. The minimum atomic E-state index is -0.963. The molecular weight excluding hydrogens is 491 g/mol. The van der Waals surface area contributed by atoms with Crippen molar-refractivity contribution in [3.05, 3.63) is 46.5 Å². The number of ketones is 1. The standard InChI is InChI=1S/C23H22Cl2O9/c1-12-8-18(31-11-26)17(24)7-5-4-6-15(29)9-16-21(23(30)32-12)19(33-13(2)27)10-20(22(16)25)34-14(3)28/h4-7,10-12,17-18H,8-9H2,1-3H3/b6-4+,7-5-/t12-,17?,18-/m1/s1. The molecule has 0 saturated heterocycles. The van der Waals surface area contributed by atoms with Crippen molar-refractivity contribution in [2.45, 2.75) is 51.2 Å². The van der Waals surface area contributed by atoms with Crippen LogP contribution in [0.5, 0.6) is 11.5 Å². The predicted molar refractivity (Wildman–Crippen MR) is 121 cm³/mol. The number of esters is 3. The van der Waals surface area contributed by atoms with E-state index >= 15 is 0 Å². The number of alkyl halides is 1. The number of fused-ring (bicyclic) bond motifs is 1. The first-order valence-corrected chi connectivity index (χ1v) is 10.9. The molecule has 0 N–H and O–H groups in total. The molecule has 0 saturated carbocycles. The average Bonchev–Trinajstić information content (AvgIpc) is 2.72. The monoisotopic (exact) mass is 512 g/mol. The summed E-state index contributed by atoms with van der Waals surface area (Å²) in [7, 11) is 0. The van der Waals surface area contributed by atoms with Crippen molar-refractivity contribution >= 4 is 53.4 Å². The molecule has 1 aromatic rings. The van der Waals surface area contributed by atoms with E-state index in [9.17, 15) is 24.0 Å². The zero-order chi connectivity index (χ0) is 25.4. The van der Waals surface area contributed by atoms with E-state index in [0.29, 0.717) is 0 Å². The highest BCUT2D eigenvalue weighted by molar-refractivity contribution is 6.34. The molecule has 1 unspecified atom stereocenters. The van der Waals surface area contributed by atoms with Gasteiger partial charge >= 0.3 is 17.9 Å². The quantitative estimate of drug-likeness (QED) is 0.258. The molecule has 0 aromatic heterocycles. The summed E-state index contributed by atoms with van der Waals surface area (Å²) in [4.78, 5) is 59.9. The van der Waals surface area contributed by atoms with Crippen LogP contribution in [0.2, 0.25) is 5.02 Å². The van der Waals surface area contributed by atoms with Crippen LogP contribution < -0.4 is 9.47 Å². The van der Waals surface area contributed by atoms with E-state index in [-0.39, 0.29) is 40.5 Å². The van der Waals surface area contributed by atoms with Crippen molar-refractivity contribution in [3.63, 3.8) is 0 Å². The van der Waals surface area contributed by atoms with Crippen molar-refractivity contribution < 1.29 is 42.9 Å². The molecular formula is C23H22Cl2O9. The molecule has 0 fully saturated rings. The van der Waals surface area contributed by atoms with E-state index in [1.54, 1.807) is 6.92 Å². The van der Waals surface area contributed by atoms with E-state index in [2.05, 4.69) is 0 Å². The van der Waals surface area contributed by atoms with Crippen molar-refractivity contribution in [3.8, 4) is 11.5 Å². The van der Waals surface area contributed by atoms with Crippen LogP contribution in [0.15, 0.2) is 30.4 Å². The number of carbonyl (C=O) groups is 5. The lowest BCUT2D eigenvalue weighted by Crippen LogP contribution is -2.30. The molecule has 1 aliphatic rings. The molecule has 9 nitrogen and oxygen atoms in total. The maximum absolute atomic E-state index is 13.2. The molecule has 1 heterocycles. The van der Waals surface area contributed by atoms with E-state index < -0.39 is 47.7 Å². The average molecular weight is 513 g/mol. The van der Waals surface area contributed by atoms with Gasteiger partial charge in [-0.15, -0.1) is 11.6 Å². The predicted octanol–water partition coefficient (Wildman–Crippen LogP) is 3.51. The molecule has 0 aliphatic carbocycles. The number of carbonyl (C=O) groups excluding carboxylic acids is 5. The van der Waals surface area contributed by atoms with Gasteiger partial charge in [-0.2, -0.15) is 0 Å². The highest BCUT2D eigenvalue weighted by atomic mass is 35.5. The maximum atomic E-state index is 13.2. The fourth-order valence-corrected chi connectivity index (χ4v) is 3.66. The smallest absolute Gasteiger partial charge is 0.342 e. The van der Waals surface area contributed by atoms with Crippen LogP contribution in [0.25, 0.3) is 0 Å². The molecule has 11 heteroatoms. The molecule has 3 atom stereocenters. The number of ether oxygens (including phenoxy) is 4. The van der Waals surface area contributed by atoms with Gasteiger partial charge in [0, 0.05) is 38.3 Å². The zero-order valence-corrected chi connectivity index (χ0v) is 20.1. The molecule has 0 radical (unpaired) electrons. The Kier molecular flexibility index (Phi) is 9.83. The van der Waals surface area contributed by atoms with Gasteiger partial charge < -0.3 is 18.9 Å². The van der Waals surface area contributed by atoms with Gasteiger partial charge in [-0.3, -0.25) is 19.2 Å². The third-order valence-corrected chi connectivity index (χ3v) is 5.34. The summed E-state index contributed by atoms with van der Waals surface area (Å²) in [5.74, 6) is -3.45. The zero-order valence-electron chi connectivity index (χ0n) is 18.5. The Bertz CT molecular complexity index is 1050. The van der Waals surface area contributed by atoms with Crippen LogP contribution in [0.1, 0.15) is 43.1 Å². The first kappa shape index (κ1) is 27.1. The molecule has 182 valence electrons. The molecule has 0 bridgehead atoms. The van der Waals surface area contributed by atoms with Gasteiger partial charge in [-0.1, -0.05) is 29.8 Å². The van der Waals surface area contributed by atoms with Gasteiger partial charge in [0.15, 0.2) is 11.5 Å². The van der Waals surface area contributed by atoms with Crippen molar-refractivity contribution in [2.24, 2.45) is 0 Å². The van der Waals surface area contributed by atoms with Crippen LogP contribution in [0.3, 0.4) is 0 Å². The molecule has 0 spiro atoms. The second kappa shape index (κ2) is 12.3. The van der Waals surface area contributed by atoms with Crippen LogP contribution in [0.4, 0.5) is 0 Å². The normalized spacial score (nSPS) is 22.9. The van der Waals surface area contributed by atoms with Crippen molar-refractivity contribution in [1.29, 1.82) is 0 Å². The van der Waals surface area contributed by atoms with Crippen molar-refractivity contribution in [2.75, 3.05) is 0 Å². The van der Waals surface area contributed by atoms with Gasteiger partial charge in [-0.25, -0.2) is 4.79 Å². The number of hydrogen-bond donors (Lipinski definition) is 0. The highest BCUT2D eigenvalue weighted by Crippen LogP contribution is 2.39. The van der Waals surface area contributed by atoms with Crippen LogP contribution >= 0.6 is 23.2 Å². The molecule has 1 aliphatic heterocycles. The fraction of sp³-hybridized carbons (Fsp3) is 0.348. The summed E-state index contributed by atoms with van der Waals surface area (Å²) in [6.45, 7) is 4.01.